The highest BCUT2D eigenvalue weighted by atomic mass is 32.2. The molecule has 1 aromatic rings. The Bertz CT molecular complexity index is 479. The second kappa shape index (κ2) is 8.55. The summed E-state index contributed by atoms with van der Waals surface area (Å²) in [6.07, 6.45) is 0.702. The molecule has 0 fully saturated rings. The Morgan fingerprint density at radius 3 is 2.85 bits per heavy atom. The summed E-state index contributed by atoms with van der Waals surface area (Å²) in [6, 6.07) is 4.55. The Morgan fingerprint density at radius 1 is 1.50 bits per heavy atom. The second-order valence-corrected chi connectivity index (χ2v) is 5.28. The van der Waals surface area contributed by atoms with Crippen LogP contribution >= 0.6 is 11.8 Å². The molecule has 1 aromatic carbocycles. The van der Waals surface area contributed by atoms with E-state index >= 15 is 0 Å². The first-order valence-corrected chi connectivity index (χ1v) is 7.27. The Hall–Kier alpha value is -1.60. The van der Waals surface area contributed by atoms with Gasteiger partial charge >= 0.3 is 0 Å². The van der Waals surface area contributed by atoms with Crippen LogP contribution in [0.1, 0.15) is 23.7 Å². The number of nitro benzene ring substituents is 1. The van der Waals surface area contributed by atoms with Gasteiger partial charge in [-0.3, -0.25) is 14.9 Å². The van der Waals surface area contributed by atoms with Crippen molar-refractivity contribution in [3.05, 3.63) is 33.9 Å². The third-order valence-electron chi connectivity index (χ3n) is 2.53. The molecular weight excluding hydrogens is 280 g/mol. The van der Waals surface area contributed by atoms with E-state index in [1.807, 2.05) is 6.92 Å². The van der Waals surface area contributed by atoms with Gasteiger partial charge in [0.05, 0.1) is 9.82 Å². The van der Waals surface area contributed by atoms with E-state index in [1.165, 1.54) is 17.8 Å². The van der Waals surface area contributed by atoms with Gasteiger partial charge in [0.1, 0.15) is 0 Å². The SMILES string of the molecule is CCSc1ccc(C(=O)NCCCOC)cc1[N+](=O)[O-]. The predicted octanol–water partition coefficient (Wildman–Crippen LogP) is 2.47. The molecule has 0 atom stereocenters. The highest BCUT2D eigenvalue weighted by Gasteiger charge is 2.17. The number of hydrogen-bond acceptors (Lipinski definition) is 5. The molecule has 1 rings (SSSR count). The van der Waals surface area contributed by atoms with Gasteiger partial charge in [-0.15, -0.1) is 11.8 Å². The van der Waals surface area contributed by atoms with Crippen molar-refractivity contribution in [2.24, 2.45) is 0 Å². The molecule has 0 unspecified atom stereocenters. The minimum absolute atomic E-state index is 0.0265. The van der Waals surface area contributed by atoms with Crippen LogP contribution < -0.4 is 5.32 Å². The van der Waals surface area contributed by atoms with Crippen molar-refractivity contribution in [1.29, 1.82) is 0 Å². The lowest BCUT2D eigenvalue weighted by Crippen LogP contribution is -2.25. The van der Waals surface area contributed by atoms with Crippen molar-refractivity contribution < 1.29 is 14.5 Å². The van der Waals surface area contributed by atoms with E-state index < -0.39 is 4.92 Å². The summed E-state index contributed by atoms with van der Waals surface area (Å²) in [5.74, 6) is 0.431. The topological polar surface area (TPSA) is 81.5 Å². The number of hydrogen-bond donors (Lipinski definition) is 1. The van der Waals surface area contributed by atoms with Crippen molar-refractivity contribution >= 4 is 23.4 Å². The maximum atomic E-state index is 11.9. The van der Waals surface area contributed by atoms with E-state index in [0.29, 0.717) is 30.0 Å². The number of thioether (sulfide) groups is 1. The first kappa shape index (κ1) is 16.5. The first-order valence-electron chi connectivity index (χ1n) is 6.28. The Morgan fingerprint density at radius 2 is 2.25 bits per heavy atom. The van der Waals surface area contributed by atoms with Gasteiger partial charge in [0.2, 0.25) is 0 Å². The third kappa shape index (κ3) is 4.82. The molecule has 0 aromatic heterocycles. The molecule has 7 heteroatoms. The molecule has 20 heavy (non-hydrogen) atoms. The fourth-order valence-corrected chi connectivity index (χ4v) is 2.36. The van der Waals surface area contributed by atoms with Gasteiger partial charge in [-0.2, -0.15) is 0 Å². The fourth-order valence-electron chi connectivity index (χ4n) is 1.60. The van der Waals surface area contributed by atoms with Gasteiger partial charge in [-0.25, -0.2) is 0 Å². The lowest BCUT2D eigenvalue weighted by Gasteiger charge is -2.06. The molecule has 0 spiro atoms. The van der Waals surface area contributed by atoms with Crippen LogP contribution in [0.2, 0.25) is 0 Å². The zero-order chi connectivity index (χ0) is 15.0. The third-order valence-corrected chi connectivity index (χ3v) is 3.47. The summed E-state index contributed by atoms with van der Waals surface area (Å²) in [7, 11) is 1.59. The minimum Gasteiger partial charge on any atom is -0.385 e. The number of nitrogens with one attached hydrogen (secondary N) is 1. The molecule has 0 aliphatic rings. The van der Waals surface area contributed by atoms with Crippen molar-refractivity contribution in [1.82, 2.24) is 5.32 Å². The van der Waals surface area contributed by atoms with Gasteiger partial charge in [0, 0.05) is 31.9 Å². The van der Waals surface area contributed by atoms with E-state index in [-0.39, 0.29) is 11.6 Å². The first-order chi connectivity index (χ1) is 9.60. The minimum atomic E-state index is -0.459. The quantitative estimate of drug-likeness (QED) is 0.345. The predicted molar refractivity (Wildman–Crippen MR) is 78.3 cm³/mol. The van der Waals surface area contributed by atoms with Gasteiger partial charge in [-0.1, -0.05) is 6.92 Å². The largest absolute Gasteiger partial charge is 0.385 e. The van der Waals surface area contributed by atoms with E-state index in [0.717, 1.165) is 5.75 Å². The lowest BCUT2D eigenvalue weighted by atomic mass is 10.2. The fraction of sp³-hybridized carbons (Fsp3) is 0.462. The Balaban J connectivity index is 2.78. The molecule has 0 bridgehead atoms. The Labute approximate surface area is 122 Å². The molecule has 0 radical (unpaired) electrons. The number of rotatable bonds is 8. The smallest absolute Gasteiger partial charge is 0.283 e. The summed E-state index contributed by atoms with van der Waals surface area (Å²) in [4.78, 5) is 23.0. The lowest BCUT2D eigenvalue weighted by molar-refractivity contribution is -0.387. The molecule has 0 heterocycles. The molecule has 0 aliphatic heterocycles. The molecular formula is C13H18N2O4S. The number of nitrogens with zero attached hydrogens (tertiary/aromatic N) is 1. The maximum Gasteiger partial charge on any atom is 0.283 e. The average molecular weight is 298 g/mol. The molecule has 6 nitrogen and oxygen atoms in total. The summed E-state index contributed by atoms with van der Waals surface area (Å²) < 4.78 is 4.88. The maximum absolute atomic E-state index is 11.9. The van der Waals surface area contributed by atoms with Crippen LogP contribution in [0.15, 0.2) is 23.1 Å². The molecule has 110 valence electrons. The Kier molecular flexibility index (Phi) is 7.03. The highest BCUT2D eigenvalue weighted by molar-refractivity contribution is 7.99. The van der Waals surface area contributed by atoms with Crippen LogP contribution in [0.5, 0.6) is 0 Å². The van der Waals surface area contributed by atoms with Crippen LogP contribution in [0.3, 0.4) is 0 Å². The summed E-state index contributed by atoms with van der Waals surface area (Å²) >= 11 is 1.39. The van der Waals surface area contributed by atoms with Crippen molar-refractivity contribution in [2.45, 2.75) is 18.2 Å². The van der Waals surface area contributed by atoms with Gasteiger partial charge in [0.25, 0.3) is 11.6 Å². The normalized spacial score (nSPS) is 10.3. The van der Waals surface area contributed by atoms with Crippen LogP contribution in [-0.4, -0.2) is 36.8 Å². The number of methoxy groups -OCH3 is 1. The molecule has 1 N–H and O–H groups in total. The van der Waals surface area contributed by atoms with E-state index in [2.05, 4.69) is 5.32 Å². The standard InChI is InChI=1S/C13H18N2O4S/c1-3-20-12-6-5-10(9-11(12)15(17)18)13(16)14-7-4-8-19-2/h5-6,9H,3-4,7-8H2,1-2H3,(H,14,16). The zero-order valence-corrected chi connectivity index (χ0v) is 12.4. The number of carbonyl (C=O) groups is 1. The van der Waals surface area contributed by atoms with Crippen LogP contribution in [0.4, 0.5) is 5.69 Å². The van der Waals surface area contributed by atoms with E-state index in [9.17, 15) is 14.9 Å². The summed E-state index contributed by atoms with van der Waals surface area (Å²) in [5, 5.41) is 13.7. The molecule has 0 saturated heterocycles. The molecule has 0 aliphatic carbocycles. The highest BCUT2D eigenvalue weighted by Crippen LogP contribution is 2.29. The number of nitro groups is 1. The van der Waals surface area contributed by atoms with E-state index in [1.54, 1.807) is 19.2 Å². The molecule has 0 saturated carbocycles. The van der Waals surface area contributed by atoms with Crippen molar-refractivity contribution in [2.75, 3.05) is 26.0 Å². The number of amides is 1. The zero-order valence-electron chi connectivity index (χ0n) is 11.5. The van der Waals surface area contributed by atoms with Crippen molar-refractivity contribution in [3.8, 4) is 0 Å². The second-order valence-electron chi connectivity index (χ2n) is 3.97. The number of carbonyl (C=O) groups excluding carboxylic acids is 1. The van der Waals surface area contributed by atoms with Crippen LogP contribution in [0.25, 0.3) is 0 Å². The summed E-state index contributed by atoms with van der Waals surface area (Å²) in [5.41, 5.74) is 0.274. The number of ether oxygens (including phenoxy) is 1. The average Bonchev–Trinajstić information content (AvgIpc) is 2.44. The van der Waals surface area contributed by atoms with E-state index in [4.69, 9.17) is 4.74 Å². The van der Waals surface area contributed by atoms with Crippen LogP contribution in [-0.2, 0) is 4.74 Å². The van der Waals surface area contributed by atoms with Crippen molar-refractivity contribution in [3.63, 3.8) is 0 Å². The number of benzene rings is 1. The van der Waals surface area contributed by atoms with Gasteiger partial charge in [-0.05, 0) is 24.3 Å². The monoisotopic (exact) mass is 298 g/mol. The van der Waals surface area contributed by atoms with Gasteiger partial charge < -0.3 is 10.1 Å². The van der Waals surface area contributed by atoms with Crippen LogP contribution in [0, 0.1) is 10.1 Å². The van der Waals surface area contributed by atoms with Gasteiger partial charge in [0.15, 0.2) is 0 Å². The molecule has 1 amide bonds. The summed E-state index contributed by atoms with van der Waals surface area (Å²) in [6.45, 7) is 2.96.